The van der Waals surface area contributed by atoms with Gasteiger partial charge in [0.25, 0.3) is 0 Å². The van der Waals surface area contributed by atoms with Crippen LogP contribution in [0.2, 0.25) is 0 Å². The molecule has 0 bridgehead atoms. The normalized spacial score (nSPS) is 12.8. The molecular weight excluding hydrogens is 264 g/mol. The van der Waals surface area contributed by atoms with Crippen LogP contribution in [-0.4, -0.2) is 18.0 Å². The maximum Gasteiger partial charge on any atom is 0.0417 e. The highest BCUT2D eigenvalue weighted by molar-refractivity contribution is 7.12. The summed E-state index contributed by atoms with van der Waals surface area (Å²) in [7, 11) is 0. The molecule has 0 radical (unpaired) electrons. The highest BCUT2D eigenvalue weighted by atomic mass is 32.1. The number of rotatable bonds is 7. The van der Waals surface area contributed by atoms with Crippen molar-refractivity contribution in [2.24, 2.45) is 5.73 Å². The van der Waals surface area contributed by atoms with E-state index in [-0.39, 0.29) is 0 Å². The van der Waals surface area contributed by atoms with Crippen LogP contribution in [0.25, 0.3) is 0 Å². The molecule has 0 aliphatic rings. The third-order valence-electron chi connectivity index (χ3n) is 3.64. The average Bonchev–Trinajstić information content (AvgIpc) is 2.96. The highest BCUT2D eigenvalue weighted by Crippen LogP contribution is 2.28. The van der Waals surface area contributed by atoms with E-state index in [1.54, 1.807) is 0 Å². The Bertz CT molecular complexity index is 507. The van der Waals surface area contributed by atoms with E-state index in [1.165, 1.54) is 15.3 Å². The first-order valence-electron chi connectivity index (χ1n) is 7.31. The number of nitrogens with zero attached hydrogens (tertiary/aromatic N) is 1. The van der Waals surface area contributed by atoms with E-state index in [0.29, 0.717) is 12.6 Å². The monoisotopic (exact) mass is 288 g/mol. The summed E-state index contributed by atoms with van der Waals surface area (Å²) >= 11 is 1.92. The minimum Gasteiger partial charge on any atom is -0.329 e. The SMILES string of the molecule is CCc1ccc(C(C)N(CCN)Cc2ccccc2)s1. The lowest BCUT2D eigenvalue weighted by molar-refractivity contribution is 0.210. The molecule has 1 heterocycles. The first kappa shape index (κ1) is 15.2. The standard InChI is InChI=1S/C17H24N2S/c1-3-16-9-10-17(20-16)14(2)19(12-11-18)13-15-7-5-4-6-8-15/h4-10,14H,3,11-13,18H2,1-2H3. The molecule has 0 aliphatic carbocycles. The second-order valence-corrected chi connectivity index (χ2v) is 6.28. The zero-order valence-corrected chi connectivity index (χ0v) is 13.2. The molecule has 3 heteroatoms. The molecule has 0 saturated heterocycles. The van der Waals surface area contributed by atoms with Gasteiger partial charge in [-0.25, -0.2) is 0 Å². The largest absolute Gasteiger partial charge is 0.329 e. The third-order valence-corrected chi connectivity index (χ3v) is 5.04. The van der Waals surface area contributed by atoms with Crippen molar-refractivity contribution < 1.29 is 0 Å². The molecule has 0 fully saturated rings. The van der Waals surface area contributed by atoms with Gasteiger partial charge in [0.05, 0.1) is 0 Å². The molecule has 108 valence electrons. The van der Waals surface area contributed by atoms with Crippen LogP contribution in [0.1, 0.15) is 35.2 Å². The van der Waals surface area contributed by atoms with Crippen molar-refractivity contribution in [3.8, 4) is 0 Å². The summed E-state index contributed by atoms with van der Waals surface area (Å²) in [6.07, 6.45) is 1.12. The van der Waals surface area contributed by atoms with Gasteiger partial charge in [-0.2, -0.15) is 0 Å². The molecule has 20 heavy (non-hydrogen) atoms. The van der Waals surface area contributed by atoms with Gasteiger partial charge in [0.15, 0.2) is 0 Å². The predicted octanol–water partition coefficient (Wildman–Crippen LogP) is 3.83. The lowest BCUT2D eigenvalue weighted by Crippen LogP contribution is -2.31. The predicted molar refractivity (Wildman–Crippen MR) is 88.0 cm³/mol. The second kappa shape index (κ2) is 7.58. The summed E-state index contributed by atoms with van der Waals surface area (Å²) in [5, 5.41) is 0. The number of thiophene rings is 1. The van der Waals surface area contributed by atoms with Gasteiger partial charge >= 0.3 is 0 Å². The van der Waals surface area contributed by atoms with Gasteiger partial charge < -0.3 is 5.73 Å². The number of benzene rings is 1. The molecule has 2 nitrogen and oxygen atoms in total. The van der Waals surface area contributed by atoms with Crippen LogP contribution in [0.4, 0.5) is 0 Å². The van der Waals surface area contributed by atoms with Crippen molar-refractivity contribution in [2.45, 2.75) is 32.9 Å². The van der Waals surface area contributed by atoms with Crippen LogP contribution in [0.3, 0.4) is 0 Å². The molecule has 0 aliphatic heterocycles. The Morgan fingerprint density at radius 1 is 1.15 bits per heavy atom. The number of hydrogen-bond donors (Lipinski definition) is 1. The summed E-state index contributed by atoms with van der Waals surface area (Å²) in [6.45, 7) is 7.07. The minimum atomic E-state index is 0.420. The number of hydrogen-bond acceptors (Lipinski definition) is 3. The Balaban J connectivity index is 2.10. The fourth-order valence-electron chi connectivity index (χ4n) is 2.38. The second-order valence-electron chi connectivity index (χ2n) is 5.08. The van der Waals surface area contributed by atoms with E-state index >= 15 is 0 Å². The van der Waals surface area contributed by atoms with Crippen molar-refractivity contribution >= 4 is 11.3 Å². The zero-order valence-electron chi connectivity index (χ0n) is 12.4. The van der Waals surface area contributed by atoms with Crippen molar-refractivity contribution in [3.05, 3.63) is 57.8 Å². The Morgan fingerprint density at radius 2 is 1.90 bits per heavy atom. The van der Waals surface area contributed by atoms with Crippen molar-refractivity contribution in [3.63, 3.8) is 0 Å². The molecule has 0 spiro atoms. The smallest absolute Gasteiger partial charge is 0.0417 e. The van der Waals surface area contributed by atoms with E-state index in [0.717, 1.165) is 19.5 Å². The van der Waals surface area contributed by atoms with Gasteiger partial charge in [0.1, 0.15) is 0 Å². The van der Waals surface area contributed by atoms with Crippen LogP contribution in [-0.2, 0) is 13.0 Å². The topological polar surface area (TPSA) is 29.3 Å². The van der Waals surface area contributed by atoms with Crippen molar-refractivity contribution in [1.82, 2.24) is 4.90 Å². The van der Waals surface area contributed by atoms with E-state index < -0.39 is 0 Å². The van der Waals surface area contributed by atoms with Gasteiger partial charge in [-0.1, -0.05) is 37.3 Å². The Labute approximate surface area is 126 Å². The lowest BCUT2D eigenvalue weighted by atomic mass is 10.1. The van der Waals surface area contributed by atoms with Gasteiger partial charge in [-0.05, 0) is 31.0 Å². The molecule has 1 unspecified atom stereocenters. The van der Waals surface area contributed by atoms with Gasteiger partial charge in [0, 0.05) is 35.4 Å². The molecule has 2 rings (SSSR count). The van der Waals surface area contributed by atoms with Crippen molar-refractivity contribution in [1.29, 1.82) is 0 Å². The fourth-order valence-corrected chi connectivity index (χ4v) is 3.42. The summed E-state index contributed by atoms with van der Waals surface area (Å²) in [4.78, 5) is 5.35. The zero-order chi connectivity index (χ0) is 14.4. The molecule has 1 atom stereocenters. The minimum absolute atomic E-state index is 0.420. The maximum absolute atomic E-state index is 5.79. The molecule has 0 saturated carbocycles. The molecule has 1 aromatic carbocycles. The molecule has 2 N–H and O–H groups in total. The Kier molecular flexibility index (Phi) is 5.77. The van der Waals surface area contributed by atoms with E-state index in [2.05, 4.69) is 61.2 Å². The average molecular weight is 288 g/mol. The highest BCUT2D eigenvalue weighted by Gasteiger charge is 2.17. The molecule has 1 aromatic heterocycles. The summed E-state index contributed by atoms with van der Waals surface area (Å²) < 4.78 is 0. The van der Waals surface area contributed by atoms with Gasteiger partial charge in [-0.3, -0.25) is 4.90 Å². The first-order chi connectivity index (χ1) is 9.74. The molecular formula is C17H24N2S. The first-order valence-corrected chi connectivity index (χ1v) is 8.13. The fraction of sp³-hybridized carbons (Fsp3) is 0.412. The van der Waals surface area contributed by atoms with Crippen LogP contribution in [0.5, 0.6) is 0 Å². The van der Waals surface area contributed by atoms with Crippen LogP contribution in [0.15, 0.2) is 42.5 Å². The Morgan fingerprint density at radius 3 is 2.50 bits per heavy atom. The van der Waals surface area contributed by atoms with Gasteiger partial charge in [0.2, 0.25) is 0 Å². The summed E-state index contributed by atoms with van der Waals surface area (Å²) in [6, 6.07) is 15.6. The lowest BCUT2D eigenvalue weighted by Gasteiger charge is -2.28. The van der Waals surface area contributed by atoms with Crippen LogP contribution in [0, 0.1) is 0 Å². The number of aryl methyl sites for hydroxylation is 1. The van der Waals surface area contributed by atoms with Crippen LogP contribution >= 0.6 is 11.3 Å². The van der Waals surface area contributed by atoms with E-state index in [1.807, 2.05) is 11.3 Å². The van der Waals surface area contributed by atoms with Crippen LogP contribution < -0.4 is 5.73 Å². The maximum atomic E-state index is 5.79. The molecule has 0 amide bonds. The quantitative estimate of drug-likeness (QED) is 0.839. The molecule has 2 aromatic rings. The van der Waals surface area contributed by atoms with Crippen molar-refractivity contribution in [2.75, 3.05) is 13.1 Å². The van der Waals surface area contributed by atoms with E-state index in [4.69, 9.17) is 5.73 Å². The summed E-state index contributed by atoms with van der Waals surface area (Å²) in [5.74, 6) is 0. The summed E-state index contributed by atoms with van der Waals surface area (Å²) in [5.41, 5.74) is 7.14. The Hall–Kier alpha value is -1.16. The number of nitrogens with two attached hydrogens (primary N) is 1. The third kappa shape index (κ3) is 3.92. The van der Waals surface area contributed by atoms with E-state index in [9.17, 15) is 0 Å². The van der Waals surface area contributed by atoms with Gasteiger partial charge in [-0.15, -0.1) is 11.3 Å².